The zero-order valence-electron chi connectivity index (χ0n) is 15.2. The highest BCUT2D eigenvalue weighted by Crippen LogP contribution is 2.30. The first kappa shape index (κ1) is 21.1. The van der Waals surface area contributed by atoms with Gasteiger partial charge in [0.05, 0.1) is 10.6 Å². The van der Waals surface area contributed by atoms with Crippen LogP contribution in [0.5, 0.6) is 5.75 Å². The van der Waals surface area contributed by atoms with Crippen molar-refractivity contribution in [2.45, 2.75) is 43.0 Å². The molecule has 1 fully saturated rings. The Morgan fingerprint density at radius 2 is 1.72 bits per heavy atom. The highest BCUT2D eigenvalue weighted by Gasteiger charge is 2.32. The molecule has 10 heteroatoms. The Morgan fingerprint density at radius 3 is 2.41 bits per heavy atom. The van der Waals surface area contributed by atoms with Gasteiger partial charge in [-0.3, -0.25) is 4.79 Å². The van der Waals surface area contributed by atoms with Gasteiger partial charge in [-0.25, -0.2) is 13.1 Å². The molecule has 0 bridgehead atoms. The highest BCUT2D eigenvalue weighted by molar-refractivity contribution is 7.89. The number of hydrogen-bond donors (Lipinski definition) is 2. The lowest BCUT2D eigenvalue weighted by Crippen LogP contribution is -2.32. The second-order valence-corrected chi connectivity index (χ2v) is 8.34. The van der Waals surface area contributed by atoms with Gasteiger partial charge in [0.1, 0.15) is 0 Å². The Hall–Kier alpha value is -2.59. The van der Waals surface area contributed by atoms with Crippen LogP contribution in [0.2, 0.25) is 0 Å². The zero-order chi connectivity index (χ0) is 21.1. The summed E-state index contributed by atoms with van der Waals surface area (Å²) in [4.78, 5) is 12.4. The van der Waals surface area contributed by atoms with Crippen molar-refractivity contribution in [3.05, 3.63) is 54.1 Å². The number of halogens is 3. The van der Waals surface area contributed by atoms with E-state index in [2.05, 4.69) is 14.8 Å². The molecule has 1 saturated carbocycles. The molecule has 0 spiro atoms. The lowest BCUT2D eigenvalue weighted by molar-refractivity contribution is -0.274. The molecule has 0 aliphatic heterocycles. The standard InChI is InChI=1S/C19H19F3N2O4S/c20-19(21,22)28-17-11-4-3-10-16(17)23-18(25)13-6-5-9-15(12-13)29(26,27)24-14-7-1-2-8-14/h3-6,9-12,14,24H,1-2,7-8H2,(H,23,25). The maximum Gasteiger partial charge on any atom is 0.573 e. The third kappa shape index (κ3) is 5.70. The van der Waals surface area contributed by atoms with Gasteiger partial charge in [0.2, 0.25) is 10.0 Å². The van der Waals surface area contributed by atoms with E-state index in [4.69, 9.17) is 0 Å². The normalized spacial score (nSPS) is 15.3. The molecule has 1 aliphatic carbocycles. The minimum Gasteiger partial charge on any atom is -0.404 e. The van der Waals surface area contributed by atoms with Crippen molar-refractivity contribution in [1.29, 1.82) is 0 Å². The summed E-state index contributed by atoms with van der Waals surface area (Å²) >= 11 is 0. The van der Waals surface area contributed by atoms with Gasteiger partial charge in [0, 0.05) is 11.6 Å². The zero-order valence-corrected chi connectivity index (χ0v) is 16.0. The van der Waals surface area contributed by atoms with E-state index >= 15 is 0 Å². The van der Waals surface area contributed by atoms with Crippen LogP contribution in [0.4, 0.5) is 18.9 Å². The molecule has 0 radical (unpaired) electrons. The molecule has 1 aliphatic rings. The summed E-state index contributed by atoms with van der Waals surface area (Å²) in [5, 5.41) is 2.32. The number of alkyl halides is 3. The third-order valence-electron chi connectivity index (χ3n) is 4.44. The predicted molar refractivity (Wildman–Crippen MR) is 100 cm³/mol. The molecule has 0 heterocycles. The second-order valence-electron chi connectivity index (χ2n) is 6.63. The van der Waals surface area contributed by atoms with Gasteiger partial charge in [0.25, 0.3) is 5.91 Å². The average Bonchev–Trinajstić information content (AvgIpc) is 3.14. The number of para-hydroxylation sites is 2. The third-order valence-corrected chi connectivity index (χ3v) is 5.96. The molecule has 156 valence electrons. The van der Waals surface area contributed by atoms with Crippen LogP contribution < -0.4 is 14.8 Å². The lowest BCUT2D eigenvalue weighted by Gasteiger charge is -2.15. The number of nitrogens with one attached hydrogen (secondary N) is 2. The van der Waals surface area contributed by atoms with Crippen LogP contribution in [-0.4, -0.2) is 26.7 Å². The summed E-state index contributed by atoms with van der Waals surface area (Å²) in [6.45, 7) is 0. The quantitative estimate of drug-likeness (QED) is 0.727. The molecule has 0 unspecified atom stereocenters. The number of carbonyl (C=O) groups excluding carboxylic acids is 1. The molecule has 0 aromatic heterocycles. The average molecular weight is 428 g/mol. The van der Waals surface area contributed by atoms with Crippen molar-refractivity contribution in [2.75, 3.05) is 5.32 Å². The second kappa shape index (κ2) is 8.42. The van der Waals surface area contributed by atoms with Crippen molar-refractivity contribution in [1.82, 2.24) is 4.72 Å². The van der Waals surface area contributed by atoms with Crippen molar-refractivity contribution in [3.8, 4) is 5.75 Å². The largest absolute Gasteiger partial charge is 0.573 e. The number of benzene rings is 2. The number of carbonyl (C=O) groups is 1. The van der Waals surface area contributed by atoms with E-state index in [1.54, 1.807) is 0 Å². The lowest BCUT2D eigenvalue weighted by atomic mass is 10.2. The van der Waals surface area contributed by atoms with Gasteiger partial charge in [-0.1, -0.05) is 31.0 Å². The molecule has 29 heavy (non-hydrogen) atoms. The molecule has 6 nitrogen and oxygen atoms in total. The van der Waals surface area contributed by atoms with E-state index in [0.717, 1.165) is 31.7 Å². The number of amides is 1. The van der Waals surface area contributed by atoms with E-state index in [1.807, 2.05) is 0 Å². The van der Waals surface area contributed by atoms with Crippen molar-refractivity contribution in [3.63, 3.8) is 0 Å². The van der Waals surface area contributed by atoms with Gasteiger partial charge < -0.3 is 10.1 Å². The van der Waals surface area contributed by atoms with E-state index in [-0.39, 0.29) is 22.2 Å². The van der Waals surface area contributed by atoms with Crippen molar-refractivity contribution in [2.24, 2.45) is 0 Å². The summed E-state index contributed by atoms with van der Waals surface area (Å²) in [6, 6.07) is 10.3. The Morgan fingerprint density at radius 1 is 1.03 bits per heavy atom. The molecule has 2 N–H and O–H groups in total. The Bertz CT molecular complexity index is 987. The minimum atomic E-state index is -4.92. The van der Waals surface area contributed by atoms with Gasteiger partial charge in [-0.05, 0) is 43.2 Å². The Balaban J connectivity index is 1.78. The first-order valence-electron chi connectivity index (χ1n) is 8.92. The SMILES string of the molecule is O=C(Nc1ccccc1OC(F)(F)F)c1cccc(S(=O)(=O)NC2CCCC2)c1. The topological polar surface area (TPSA) is 84.5 Å². The van der Waals surface area contributed by atoms with Crippen LogP contribution in [0.25, 0.3) is 0 Å². The van der Waals surface area contributed by atoms with E-state index in [9.17, 15) is 26.4 Å². The first-order chi connectivity index (χ1) is 13.6. The van der Waals surface area contributed by atoms with Crippen LogP contribution in [0, 0.1) is 0 Å². The van der Waals surface area contributed by atoms with Gasteiger partial charge in [0.15, 0.2) is 5.75 Å². The number of sulfonamides is 1. The molecule has 3 rings (SSSR count). The molecule has 1 amide bonds. The van der Waals surface area contributed by atoms with Crippen LogP contribution in [0.3, 0.4) is 0 Å². The maximum absolute atomic E-state index is 12.5. The number of ether oxygens (including phenoxy) is 1. The van der Waals surface area contributed by atoms with Gasteiger partial charge >= 0.3 is 6.36 Å². The number of rotatable bonds is 6. The van der Waals surface area contributed by atoms with Gasteiger partial charge in [-0.15, -0.1) is 13.2 Å². The Labute approximate surface area is 166 Å². The van der Waals surface area contributed by atoms with Crippen LogP contribution >= 0.6 is 0 Å². The number of anilines is 1. The van der Waals surface area contributed by atoms with Gasteiger partial charge in [-0.2, -0.15) is 0 Å². The number of hydrogen-bond acceptors (Lipinski definition) is 4. The van der Waals surface area contributed by atoms with Crippen molar-refractivity contribution >= 4 is 21.6 Å². The first-order valence-corrected chi connectivity index (χ1v) is 10.4. The predicted octanol–water partition coefficient (Wildman–Crippen LogP) is 4.06. The van der Waals surface area contributed by atoms with Crippen LogP contribution in [0.15, 0.2) is 53.4 Å². The fourth-order valence-corrected chi connectivity index (χ4v) is 4.46. The van der Waals surface area contributed by atoms with E-state index < -0.39 is 28.0 Å². The molecule has 0 saturated heterocycles. The maximum atomic E-state index is 12.5. The van der Waals surface area contributed by atoms with E-state index in [0.29, 0.717) is 0 Å². The molecule has 2 aromatic carbocycles. The summed E-state index contributed by atoms with van der Waals surface area (Å²) in [7, 11) is -3.81. The van der Waals surface area contributed by atoms with Crippen LogP contribution in [0.1, 0.15) is 36.0 Å². The summed E-state index contributed by atoms with van der Waals surface area (Å²) in [5.41, 5.74) is -0.201. The monoisotopic (exact) mass is 428 g/mol. The minimum absolute atomic E-state index is 0.0129. The molecular weight excluding hydrogens is 409 g/mol. The Kier molecular flexibility index (Phi) is 6.13. The fourth-order valence-electron chi connectivity index (χ4n) is 3.11. The summed E-state index contributed by atoms with van der Waals surface area (Å²) in [6.07, 6.45) is -1.49. The van der Waals surface area contributed by atoms with Crippen LogP contribution in [-0.2, 0) is 10.0 Å². The molecule has 0 atom stereocenters. The van der Waals surface area contributed by atoms with E-state index in [1.165, 1.54) is 42.5 Å². The summed E-state index contributed by atoms with van der Waals surface area (Å²) in [5.74, 6) is -1.33. The smallest absolute Gasteiger partial charge is 0.404 e. The fraction of sp³-hybridized carbons (Fsp3) is 0.316. The molecular formula is C19H19F3N2O4S. The van der Waals surface area contributed by atoms with Crippen molar-refractivity contribution < 1.29 is 31.1 Å². The highest BCUT2D eigenvalue weighted by atomic mass is 32.2. The molecule has 2 aromatic rings. The summed E-state index contributed by atoms with van der Waals surface area (Å²) < 4.78 is 69.2.